The fraction of sp³-hybridized carbons (Fsp3) is 0.423. The molecule has 190 valence electrons. The lowest BCUT2D eigenvalue weighted by Crippen LogP contribution is -2.52. The van der Waals surface area contributed by atoms with E-state index < -0.39 is 36.4 Å². The van der Waals surface area contributed by atoms with E-state index in [0.717, 1.165) is 11.1 Å². The molecule has 0 aliphatic rings. The van der Waals surface area contributed by atoms with Crippen LogP contribution in [0.25, 0.3) is 0 Å². The lowest BCUT2D eigenvalue weighted by Gasteiger charge is -2.27. The van der Waals surface area contributed by atoms with Gasteiger partial charge in [0.1, 0.15) is 6.04 Å². The molecule has 2 aromatic carbocycles. The third-order valence-corrected chi connectivity index (χ3v) is 5.88. The molecule has 1 amide bonds. The predicted octanol–water partition coefficient (Wildman–Crippen LogP) is 2.40. The zero-order valence-corrected chi connectivity index (χ0v) is 20.5. The molecule has 4 N–H and O–H groups in total. The molecule has 2 atom stereocenters. The van der Waals surface area contributed by atoms with E-state index >= 15 is 0 Å². The molecular weight excluding hydrogens is 452 g/mol. The molecule has 0 aliphatic heterocycles. The number of aromatic hydroxyl groups is 1. The van der Waals surface area contributed by atoms with E-state index in [1.165, 1.54) is 14.2 Å². The number of methoxy groups -OCH3 is 2. The van der Waals surface area contributed by atoms with Gasteiger partial charge in [0, 0.05) is 6.42 Å². The summed E-state index contributed by atoms with van der Waals surface area (Å²) in [5.41, 5.74) is 1.31. The number of hydrogen-bond donors (Lipinski definition) is 4. The topological polar surface area (TPSA) is 134 Å². The maximum Gasteiger partial charge on any atom is 0.328 e. The van der Waals surface area contributed by atoms with Gasteiger partial charge in [-0.1, -0.05) is 50.2 Å². The number of ether oxygens (including phenoxy) is 2. The molecule has 0 spiro atoms. The monoisotopic (exact) mass is 486 g/mol. The van der Waals surface area contributed by atoms with Crippen LogP contribution >= 0.6 is 0 Å². The van der Waals surface area contributed by atoms with Gasteiger partial charge in [-0.05, 0) is 41.6 Å². The highest BCUT2D eigenvalue weighted by molar-refractivity contribution is 5.90. The lowest BCUT2D eigenvalue weighted by atomic mass is 9.81. The number of benzene rings is 2. The second-order valence-corrected chi connectivity index (χ2v) is 8.90. The zero-order valence-electron chi connectivity index (χ0n) is 20.5. The van der Waals surface area contributed by atoms with Crippen LogP contribution in [-0.4, -0.2) is 60.9 Å². The second kappa shape index (κ2) is 12.8. The minimum absolute atomic E-state index is 0.0291. The van der Waals surface area contributed by atoms with E-state index in [4.69, 9.17) is 9.47 Å². The normalized spacial score (nSPS) is 12.9. The first-order valence-electron chi connectivity index (χ1n) is 11.3. The number of nitrogens with one attached hydrogen (secondary N) is 2. The van der Waals surface area contributed by atoms with Crippen LogP contribution in [0.4, 0.5) is 0 Å². The minimum atomic E-state index is -1.14. The molecule has 0 radical (unpaired) electrons. The van der Waals surface area contributed by atoms with E-state index in [2.05, 4.69) is 10.6 Å². The van der Waals surface area contributed by atoms with Crippen molar-refractivity contribution < 1.29 is 34.1 Å². The largest absolute Gasteiger partial charge is 0.504 e. The predicted molar refractivity (Wildman–Crippen MR) is 130 cm³/mol. The Hall–Kier alpha value is -3.59. The molecule has 0 heterocycles. The molecule has 35 heavy (non-hydrogen) atoms. The van der Waals surface area contributed by atoms with Crippen molar-refractivity contribution in [3.8, 4) is 11.5 Å². The Bertz CT molecular complexity index is 1010. The van der Waals surface area contributed by atoms with Crippen LogP contribution in [0.15, 0.2) is 48.5 Å². The number of carboxylic acid groups (broad SMARTS) is 1. The second-order valence-electron chi connectivity index (χ2n) is 8.90. The van der Waals surface area contributed by atoms with Crippen LogP contribution in [0.1, 0.15) is 37.8 Å². The van der Waals surface area contributed by atoms with Gasteiger partial charge in [0.15, 0.2) is 11.5 Å². The Morgan fingerprint density at radius 2 is 1.71 bits per heavy atom. The molecule has 0 aliphatic carbocycles. The smallest absolute Gasteiger partial charge is 0.328 e. The Kier molecular flexibility index (Phi) is 10.1. The van der Waals surface area contributed by atoms with Crippen molar-refractivity contribution in [3.05, 3.63) is 59.7 Å². The van der Waals surface area contributed by atoms with Crippen molar-refractivity contribution in [2.45, 2.75) is 50.6 Å². The Labute approximate surface area is 205 Å². The number of carbonyl (C=O) groups excluding carboxylic acids is 2. The molecule has 0 unspecified atom stereocenters. The maximum atomic E-state index is 12.9. The number of esters is 1. The number of hydrogen-bond acceptors (Lipinski definition) is 7. The van der Waals surface area contributed by atoms with E-state index in [1.807, 2.05) is 50.2 Å². The molecule has 2 rings (SSSR count). The third kappa shape index (κ3) is 8.29. The first kappa shape index (κ1) is 27.7. The summed E-state index contributed by atoms with van der Waals surface area (Å²) >= 11 is 0. The minimum Gasteiger partial charge on any atom is -0.504 e. The van der Waals surface area contributed by atoms with E-state index in [0.29, 0.717) is 18.7 Å². The quantitative estimate of drug-likeness (QED) is 0.317. The SMILES string of the molecule is COC(=O)[C@H](Cc1ccccc1)NC(=O)[C@@H](CC(=O)O)NCCC(C)(C)c1ccc(OC)c(O)c1. The van der Waals surface area contributed by atoms with Gasteiger partial charge in [-0.2, -0.15) is 0 Å². The van der Waals surface area contributed by atoms with E-state index in [1.54, 1.807) is 12.1 Å². The Morgan fingerprint density at radius 3 is 2.29 bits per heavy atom. The summed E-state index contributed by atoms with van der Waals surface area (Å²) < 4.78 is 9.91. The molecule has 0 fully saturated rings. The summed E-state index contributed by atoms with van der Waals surface area (Å²) in [6.07, 6.45) is 0.314. The Morgan fingerprint density at radius 1 is 1.03 bits per heavy atom. The number of aliphatic carboxylic acids is 1. The van der Waals surface area contributed by atoms with Crippen LogP contribution in [0.5, 0.6) is 11.5 Å². The van der Waals surface area contributed by atoms with Crippen LogP contribution in [0.2, 0.25) is 0 Å². The third-order valence-electron chi connectivity index (χ3n) is 5.88. The molecule has 0 saturated heterocycles. The summed E-state index contributed by atoms with van der Waals surface area (Å²) in [6.45, 7) is 4.29. The summed E-state index contributed by atoms with van der Waals surface area (Å²) in [4.78, 5) is 36.6. The van der Waals surface area contributed by atoms with Crippen LogP contribution in [0, 0.1) is 0 Å². The van der Waals surface area contributed by atoms with Crippen molar-refractivity contribution in [2.75, 3.05) is 20.8 Å². The first-order valence-corrected chi connectivity index (χ1v) is 11.3. The molecular formula is C26H34N2O7. The first-order chi connectivity index (χ1) is 16.6. The number of phenols is 1. The van der Waals surface area contributed by atoms with Crippen LogP contribution < -0.4 is 15.4 Å². The van der Waals surface area contributed by atoms with Crippen LogP contribution in [0.3, 0.4) is 0 Å². The zero-order chi connectivity index (χ0) is 26.0. The summed E-state index contributed by atoms with van der Waals surface area (Å²) in [5, 5.41) is 25.1. The fourth-order valence-electron chi connectivity index (χ4n) is 3.70. The maximum absolute atomic E-state index is 12.9. The average molecular weight is 487 g/mol. The highest BCUT2D eigenvalue weighted by Crippen LogP contribution is 2.34. The number of amides is 1. The van der Waals surface area contributed by atoms with E-state index in [9.17, 15) is 24.6 Å². The summed E-state index contributed by atoms with van der Waals surface area (Å²) in [7, 11) is 2.71. The number of phenolic OH excluding ortho intramolecular Hbond substituents is 1. The molecule has 9 heteroatoms. The highest BCUT2D eigenvalue weighted by atomic mass is 16.5. The van der Waals surface area contributed by atoms with E-state index in [-0.39, 0.29) is 17.6 Å². The molecule has 9 nitrogen and oxygen atoms in total. The van der Waals surface area contributed by atoms with Crippen molar-refractivity contribution >= 4 is 17.8 Å². The van der Waals surface area contributed by atoms with Crippen molar-refractivity contribution in [1.82, 2.24) is 10.6 Å². The highest BCUT2D eigenvalue weighted by Gasteiger charge is 2.29. The fourth-order valence-corrected chi connectivity index (χ4v) is 3.70. The van der Waals surface area contributed by atoms with Crippen molar-refractivity contribution in [1.29, 1.82) is 0 Å². The standard InChI is InChI=1S/C26H34N2O7/c1-26(2,18-10-11-22(34-3)21(29)15-18)12-13-27-19(16-23(30)31)24(32)28-20(25(33)35-4)14-17-8-6-5-7-9-17/h5-11,15,19-20,27,29H,12-14,16H2,1-4H3,(H,28,32)(H,30,31)/t19-,20+/m1/s1. The summed E-state index contributed by atoms with van der Waals surface area (Å²) in [6, 6.07) is 12.3. The average Bonchev–Trinajstić information content (AvgIpc) is 2.82. The number of rotatable bonds is 13. The van der Waals surface area contributed by atoms with Gasteiger partial charge in [0.25, 0.3) is 0 Å². The van der Waals surface area contributed by atoms with Gasteiger partial charge in [0.05, 0.1) is 26.7 Å². The Balaban J connectivity index is 2.06. The van der Waals surface area contributed by atoms with Gasteiger partial charge in [0.2, 0.25) is 5.91 Å². The number of carbonyl (C=O) groups is 3. The van der Waals surface area contributed by atoms with Crippen molar-refractivity contribution in [2.24, 2.45) is 0 Å². The molecule has 0 bridgehead atoms. The van der Waals surface area contributed by atoms with Crippen molar-refractivity contribution in [3.63, 3.8) is 0 Å². The molecule has 2 aromatic rings. The molecule has 0 aromatic heterocycles. The summed E-state index contributed by atoms with van der Waals surface area (Å²) in [5.74, 6) is -1.96. The lowest BCUT2D eigenvalue weighted by molar-refractivity contribution is -0.145. The van der Waals surface area contributed by atoms with Gasteiger partial charge >= 0.3 is 11.9 Å². The van der Waals surface area contributed by atoms with Gasteiger partial charge < -0.3 is 30.3 Å². The van der Waals surface area contributed by atoms with Gasteiger partial charge in [-0.3, -0.25) is 9.59 Å². The van der Waals surface area contributed by atoms with Gasteiger partial charge in [-0.15, -0.1) is 0 Å². The van der Waals surface area contributed by atoms with Gasteiger partial charge in [-0.25, -0.2) is 4.79 Å². The molecule has 0 saturated carbocycles. The number of carboxylic acids is 1. The van der Waals surface area contributed by atoms with Crippen LogP contribution in [-0.2, 0) is 31.0 Å².